The molecule has 0 radical (unpaired) electrons. The van der Waals surface area contributed by atoms with Crippen LogP contribution in [-0.4, -0.2) is 27.8 Å². The van der Waals surface area contributed by atoms with E-state index in [9.17, 15) is 0 Å². The highest BCUT2D eigenvalue weighted by molar-refractivity contribution is 9.10. The third-order valence-electron chi connectivity index (χ3n) is 3.63. The first kappa shape index (κ1) is 14.4. The Morgan fingerprint density at radius 3 is 2.83 bits per heavy atom. The van der Waals surface area contributed by atoms with Crippen molar-refractivity contribution in [1.29, 1.82) is 0 Å². The molecule has 0 saturated carbocycles. The average Bonchev–Trinajstić information content (AvgIpc) is 2.70. The highest BCUT2D eigenvalue weighted by Gasteiger charge is 2.23. The van der Waals surface area contributed by atoms with Gasteiger partial charge in [0.1, 0.15) is 0 Å². The van der Waals surface area contributed by atoms with Crippen molar-refractivity contribution in [3.05, 3.63) is 16.4 Å². The molecule has 1 saturated heterocycles. The minimum atomic E-state index is 0.421. The van der Waals surface area contributed by atoms with Gasteiger partial charge in [0.15, 0.2) is 0 Å². The minimum absolute atomic E-state index is 0.421. The van der Waals surface area contributed by atoms with Crippen molar-refractivity contribution in [2.24, 2.45) is 13.0 Å². The first-order valence-electron chi connectivity index (χ1n) is 6.71. The zero-order valence-corrected chi connectivity index (χ0v) is 13.6. The van der Waals surface area contributed by atoms with Crippen LogP contribution in [0.2, 0.25) is 0 Å². The quantitative estimate of drug-likeness (QED) is 0.897. The largest absolute Gasteiger partial charge is 0.309 e. The molecule has 0 spiro atoms. The van der Waals surface area contributed by atoms with Gasteiger partial charge in [0, 0.05) is 7.05 Å². The molecule has 1 fully saturated rings. The van der Waals surface area contributed by atoms with Gasteiger partial charge in [0.2, 0.25) is 0 Å². The Labute approximate surface area is 122 Å². The van der Waals surface area contributed by atoms with E-state index in [1.807, 2.05) is 17.9 Å². The van der Waals surface area contributed by atoms with Crippen LogP contribution in [0.3, 0.4) is 0 Å². The van der Waals surface area contributed by atoms with Crippen LogP contribution >= 0.6 is 27.7 Å². The zero-order valence-electron chi connectivity index (χ0n) is 11.2. The summed E-state index contributed by atoms with van der Waals surface area (Å²) < 4.78 is 3.12. The molecule has 102 valence electrons. The molecule has 1 atom stereocenters. The van der Waals surface area contributed by atoms with Gasteiger partial charge in [0.25, 0.3) is 0 Å². The van der Waals surface area contributed by atoms with Crippen molar-refractivity contribution in [1.82, 2.24) is 15.1 Å². The summed E-state index contributed by atoms with van der Waals surface area (Å²) in [5.41, 5.74) is 1.29. The molecule has 1 aromatic rings. The molecule has 1 N–H and O–H groups in total. The van der Waals surface area contributed by atoms with E-state index in [0.29, 0.717) is 6.04 Å². The van der Waals surface area contributed by atoms with E-state index in [1.54, 1.807) is 0 Å². The summed E-state index contributed by atoms with van der Waals surface area (Å²) in [5.74, 6) is 3.52. The number of nitrogens with zero attached hydrogens (tertiary/aromatic N) is 2. The number of aryl methyl sites for hydroxylation is 1. The van der Waals surface area contributed by atoms with E-state index in [4.69, 9.17) is 0 Å². The maximum atomic E-state index is 4.34. The van der Waals surface area contributed by atoms with Crippen LogP contribution in [0.15, 0.2) is 10.7 Å². The molecular weight excluding hydrogens is 310 g/mol. The summed E-state index contributed by atoms with van der Waals surface area (Å²) in [6, 6.07) is 0.421. The highest BCUT2D eigenvalue weighted by Crippen LogP contribution is 2.33. The monoisotopic (exact) mass is 331 g/mol. The highest BCUT2D eigenvalue weighted by atomic mass is 79.9. The van der Waals surface area contributed by atoms with E-state index in [2.05, 4.69) is 45.0 Å². The molecule has 0 aromatic carbocycles. The van der Waals surface area contributed by atoms with Gasteiger partial charge < -0.3 is 5.32 Å². The fraction of sp³-hybridized carbons (Fsp3) is 0.769. The number of halogens is 1. The van der Waals surface area contributed by atoms with Gasteiger partial charge in [-0.15, -0.1) is 0 Å². The van der Waals surface area contributed by atoms with E-state index in [1.165, 1.54) is 36.5 Å². The van der Waals surface area contributed by atoms with E-state index >= 15 is 0 Å². The van der Waals surface area contributed by atoms with E-state index in [-0.39, 0.29) is 0 Å². The van der Waals surface area contributed by atoms with Crippen molar-refractivity contribution in [2.75, 3.05) is 18.1 Å². The minimum Gasteiger partial charge on any atom is -0.309 e. The normalized spacial score (nSPS) is 19.1. The van der Waals surface area contributed by atoms with Gasteiger partial charge in [-0.1, -0.05) is 6.92 Å². The first-order valence-corrected chi connectivity index (χ1v) is 8.65. The molecule has 1 unspecified atom stereocenters. The maximum Gasteiger partial charge on any atom is 0.0692 e. The fourth-order valence-corrected chi connectivity index (χ4v) is 4.49. The van der Waals surface area contributed by atoms with E-state index < -0.39 is 0 Å². The Kier molecular flexibility index (Phi) is 5.57. The lowest BCUT2D eigenvalue weighted by molar-refractivity contribution is 0.362. The van der Waals surface area contributed by atoms with Crippen molar-refractivity contribution in [2.45, 2.75) is 32.2 Å². The molecule has 2 heterocycles. The first-order chi connectivity index (χ1) is 8.72. The third kappa shape index (κ3) is 3.52. The summed E-state index contributed by atoms with van der Waals surface area (Å²) in [4.78, 5) is 0. The smallest absolute Gasteiger partial charge is 0.0692 e. The summed E-state index contributed by atoms with van der Waals surface area (Å²) in [6.07, 6.45) is 5.85. The number of nitrogens with one attached hydrogen (secondary N) is 1. The Bertz CT molecular complexity index is 355. The fourth-order valence-electron chi connectivity index (χ4n) is 2.67. The summed E-state index contributed by atoms with van der Waals surface area (Å²) in [6.45, 7) is 3.18. The van der Waals surface area contributed by atoms with Crippen LogP contribution < -0.4 is 5.32 Å². The molecule has 1 aliphatic rings. The Morgan fingerprint density at radius 1 is 1.56 bits per heavy atom. The van der Waals surface area contributed by atoms with Crippen LogP contribution in [-0.2, 0) is 7.05 Å². The molecule has 3 nitrogen and oxygen atoms in total. The van der Waals surface area contributed by atoms with E-state index in [0.717, 1.165) is 16.9 Å². The van der Waals surface area contributed by atoms with Gasteiger partial charge >= 0.3 is 0 Å². The SMILES string of the molecule is CCNC(CC1CCSCC1)c1c(Br)cnn1C. The molecule has 0 bridgehead atoms. The summed E-state index contributed by atoms with van der Waals surface area (Å²) in [7, 11) is 2.03. The van der Waals surface area contributed by atoms with Gasteiger partial charge in [0.05, 0.1) is 22.4 Å². The van der Waals surface area contributed by atoms with Crippen molar-refractivity contribution < 1.29 is 0 Å². The molecule has 1 aliphatic heterocycles. The lowest BCUT2D eigenvalue weighted by Crippen LogP contribution is -2.27. The Hall–Kier alpha value is 0. The van der Waals surface area contributed by atoms with Crippen molar-refractivity contribution in [3.8, 4) is 0 Å². The molecule has 0 amide bonds. The molecule has 18 heavy (non-hydrogen) atoms. The number of rotatable bonds is 5. The predicted octanol–water partition coefficient (Wildman–Crippen LogP) is 3.37. The number of aromatic nitrogens is 2. The van der Waals surface area contributed by atoms with Crippen LogP contribution in [0.5, 0.6) is 0 Å². The van der Waals surface area contributed by atoms with Crippen LogP contribution in [0.1, 0.15) is 37.9 Å². The maximum absolute atomic E-state index is 4.34. The van der Waals surface area contributed by atoms with Crippen LogP contribution in [0, 0.1) is 5.92 Å². The van der Waals surface area contributed by atoms with Crippen molar-refractivity contribution in [3.63, 3.8) is 0 Å². The van der Waals surface area contributed by atoms with Crippen LogP contribution in [0.4, 0.5) is 0 Å². The van der Waals surface area contributed by atoms with Gasteiger partial charge in [-0.2, -0.15) is 16.9 Å². The second-order valence-corrected chi connectivity index (χ2v) is 6.98. The number of thioether (sulfide) groups is 1. The summed E-state index contributed by atoms with van der Waals surface area (Å²) in [5, 5.41) is 7.95. The number of hydrogen-bond acceptors (Lipinski definition) is 3. The molecular formula is C13H22BrN3S. The Morgan fingerprint density at radius 2 is 2.28 bits per heavy atom. The van der Waals surface area contributed by atoms with Gasteiger partial charge in [-0.05, 0) is 59.2 Å². The van der Waals surface area contributed by atoms with Crippen LogP contribution in [0.25, 0.3) is 0 Å². The van der Waals surface area contributed by atoms with Gasteiger partial charge in [-0.25, -0.2) is 0 Å². The molecule has 1 aromatic heterocycles. The lowest BCUT2D eigenvalue weighted by Gasteiger charge is -2.27. The third-order valence-corrected chi connectivity index (χ3v) is 5.29. The second-order valence-electron chi connectivity index (χ2n) is 4.90. The van der Waals surface area contributed by atoms with Crippen molar-refractivity contribution >= 4 is 27.7 Å². The van der Waals surface area contributed by atoms with Gasteiger partial charge in [-0.3, -0.25) is 4.68 Å². The lowest BCUT2D eigenvalue weighted by atomic mass is 9.93. The molecule has 2 rings (SSSR count). The Balaban J connectivity index is 2.07. The molecule has 0 aliphatic carbocycles. The zero-order chi connectivity index (χ0) is 13.0. The average molecular weight is 332 g/mol. The number of hydrogen-bond donors (Lipinski definition) is 1. The molecule has 5 heteroatoms. The summed E-state index contributed by atoms with van der Waals surface area (Å²) >= 11 is 5.72. The predicted molar refractivity (Wildman–Crippen MR) is 82.0 cm³/mol. The topological polar surface area (TPSA) is 29.9 Å². The standard InChI is InChI=1S/C13H22BrN3S/c1-3-15-12(8-10-4-6-18-7-5-10)13-11(14)9-16-17(13)2/h9-10,12,15H,3-8H2,1-2H3. The second kappa shape index (κ2) is 6.96.